The van der Waals surface area contributed by atoms with Crippen molar-refractivity contribution >= 4 is 111 Å². The summed E-state index contributed by atoms with van der Waals surface area (Å²) >= 11 is 6.06. The zero-order chi connectivity index (χ0) is 106. The minimum Gasteiger partial charge on any atom is -0.507 e. The molecule has 750 valence electrons. The number of phenolic OH excluding ortho intramolecular Hbond substituents is 18. The summed E-state index contributed by atoms with van der Waals surface area (Å²) in [4.78, 5) is 80.7. The van der Waals surface area contributed by atoms with E-state index >= 15 is 0 Å². The van der Waals surface area contributed by atoms with Crippen LogP contribution in [0.1, 0.15) is 165 Å². The van der Waals surface area contributed by atoms with Crippen molar-refractivity contribution in [3.05, 3.63) is 352 Å². The van der Waals surface area contributed by atoms with E-state index < -0.39 is 110 Å². The molecular weight excluding hydrogens is 1900 g/mol. The Morgan fingerprint density at radius 3 is 0.682 bits per heavy atom. The lowest BCUT2D eigenvalue weighted by atomic mass is 9.86. The van der Waals surface area contributed by atoms with Crippen molar-refractivity contribution in [2.45, 2.75) is 120 Å². The largest absolute Gasteiger partial charge is 0.507 e. The van der Waals surface area contributed by atoms with E-state index in [0.29, 0.717) is 63.2 Å². The van der Waals surface area contributed by atoms with Gasteiger partial charge in [0.05, 0.1) is 33.4 Å². The maximum absolute atomic E-state index is 13.5. The van der Waals surface area contributed by atoms with E-state index in [0.717, 1.165) is 80.9 Å². The summed E-state index contributed by atoms with van der Waals surface area (Å²) in [6.45, 7) is 16.2. The van der Waals surface area contributed by atoms with Crippen LogP contribution in [0.25, 0.3) is 98.0 Å². The molecule has 0 saturated carbocycles. The Hall–Kier alpha value is -18.4. The number of aryl methyl sites for hydroxylation is 12. The van der Waals surface area contributed by atoms with Gasteiger partial charge in [0.15, 0.2) is 86.3 Å². The second-order valence-electron chi connectivity index (χ2n) is 37.2. The van der Waals surface area contributed by atoms with Crippen molar-refractivity contribution in [3.8, 4) is 137 Å². The van der Waals surface area contributed by atoms with Crippen molar-refractivity contribution in [2.75, 3.05) is 0 Å². The van der Waals surface area contributed by atoms with Crippen molar-refractivity contribution < 1.29 is 121 Å². The molecule has 0 radical (unpaired) electrons. The van der Waals surface area contributed by atoms with Crippen molar-refractivity contribution in [2.24, 2.45) is 0 Å². The second kappa shape index (κ2) is 41.9. The second-order valence-corrected chi connectivity index (χ2v) is 37.6. The summed E-state index contributed by atoms with van der Waals surface area (Å²) in [6.07, 6.45) is 1.32. The van der Waals surface area contributed by atoms with Gasteiger partial charge in [-0.15, -0.1) is 0 Å². The van der Waals surface area contributed by atoms with E-state index in [4.69, 9.17) is 11.6 Å². The highest BCUT2D eigenvalue weighted by atomic mass is 35.5. The molecule has 0 bridgehead atoms. The van der Waals surface area contributed by atoms with Crippen LogP contribution in [0.15, 0.2) is 231 Å². The lowest BCUT2D eigenvalue weighted by Crippen LogP contribution is -2.23. The summed E-state index contributed by atoms with van der Waals surface area (Å²) in [5.41, 5.74) is 10.7. The van der Waals surface area contributed by atoms with Crippen LogP contribution in [0.2, 0.25) is 5.02 Å². The maximum atomic E-state index is 13.5. The van der Waals surface area contributed by atoms with Crippen molar-refractivity contribution in [1.82, 2.24) is 16.0 Å². The molecule has 18 aromatic rings. The average molecular weight is 2010 g/mol. The van der Waals surface area contributed by atoms with Crippen LogP contribution < -0.4 is 16.0 Å². The minimum atomic E-state index is -0.713. The molecule has 0 atom stereocenters. The molecule has 0 saturated heterocycles. The molecule has 0 heterocycles. The van der Waals surface area contributed by atoms with Crippen LogP contribution in [0.5, 0.6) is 103 Å². The topological polar surface area (TPSA) is 503 Å². The predicted octanol–water partition coefficient (Wildman–Crippen LogP) is 23.3. The summed E-state index contributed by atoms with van der Waals surface area (Å²) in [7, 11) is 0. The fourth-order valence-electron chi connectivity index (χ4n) is 19.6. The molecule has 148 heavy (non-hydrogen) atoms. The molecule has 0 fully saturated rings. The number of halogens is 1. The number of phenols is 18. The summed E-state index contributed by atoms with van der Waals surface area (Å²) in [6, 6.07) is 64.7. The van der Waals surface area contributed by atoms with Crippen LogP contribution in [-0.2, 0) is 38.9 Å². The standard InChI is InChI=1S/C41H37NO8.C40H34ClNO8.C39H33NO8/c1-20-7-5-9-24(13-20)11-12-30(43)35-26-15-22(3)33(37(46)28(26)17-31(44)39(35)48)34-23(4)16-27-29(38(34)47)18-32(45)40(49)36(27)41(50)42-19-25-10-6-8-21(2)14-25;1-19-6-4-7-22(12-19)10-11-29(43)34-25-13-20(2)32(36(46)27(25)16-30(44)38(34)48)33-21(3)14-26-28(37(33)47)17-31(45)39(49)35(26)40(50)42-18-23-8-5-9-24(41)15-23;1-20-15-24-26(17-29(42)37(46)33(24)28(41)14-13-22-9-5-3-6-10-22)35(44)31(20)32-21(2)16-25-27(36(32)45)18-30(43)38(47)34(25)39(48)40-19-23-11-7-4-8-12-23/h5-10,13-18,44-49H,11-12,19H2,1-4H3,(H,42,50);4-9,12-17,44-49H,10-11,18H2,1-3H3,(H,42,50);3-12,15-18,42-47H,13-14,19H2,1-2H3,(H,40,48). The van der Waals surface area contributed by atoms with Gasteiger partial charge < -0.3 is 108 Å². The van der Waals surface area contributed by atoms with Gasteiger partial charge in [0.25, 0.3) is 17.7 Å². The van der Waals surface area contributed by atoms with E-state index in [2.05, 4.69) is 16.0 Å². The van der Waals surface area contributed by atoms with Gasteiger partial charge in [-0.1, -0.05) is 174 Å². The molecule has 21 N–H and O–H groups in total. The normalized spacial score (nSPS) is 11.3. The third-order valence-corrected chi connectivity index (χ3v) is 27.0. The summed E-state index contributed by atoms with van der Waals surface area (Å²) in [5.74, 6) is -13.0. The Morgan fingerprint density at radius 2 is 0.419 bits per heavy atom. The Kier molecular flexibility index (Phi) is 29.0. The van der Waals surface area contributed by atoms with E-state index in [1.54, 1.807) is 102 Å². The molecule has 18 rings (SSSR count). The Balaban J connectivity index is 0.000000158. The fraction of sp³-hybridized carbons (Fsp3) is 0.150. The first-order valence-electron chi connectivity index (χ1n) is 47.2. The van der Waals surface area contributed by atoms with Gasteiger partial charge in [-0.2, -0.15) is 0 Å². The monoisotopic (exact) mass is 2010 g/mol. The Labute approximate surface area is 852 Å². The lowest BCUT2D eigenvalue weighted by Gasteiger charge is -2.20. The van der Waals surface area contributed by atoms with E-state index in [9.17, 15) is 121 Å². The van der Waals surface area contributed by atoms with Crippen LogP contribution >= 0.6 is 11.6 Å². The molecule has 0 unspecified atom stereocenters. The molecule has 0 aliphatic rings. The number of rotatable bonds is 24. The number of aromatic hydroxyl groups is 18. The highest BCUT2D eigenvalue weighted by molar-refractivity contribution is 6.30. The first-order valence-corrected chi connectivity index (χ1v) is 47.6. The number of carbonyl (C=O) groups is 6. The third kappa shape index (κ3) is 20.0. The maximum Gasteiger partial charge on any atom is 0.256 e. The van der Waals surface area contributed by atoms with Crippen molar-refractivity contribution in [1.29, 1.82) is 0 Å². The van der Waals surface area contributed by atoms with Gasteiger partial charge in [0.1, 0.15) is 34.5 Å². The zero-order valence-corrected chi connectivity index (χ0v) is 82.4. The highest BCUT2D eigenvalue weighted by Gasteiger charge is 2.35. The van der Waals surface area contributed by atoms with Gasteiger partial charge in [-0.25, -0.2) is 0 Å². The number of hydrogen-bond acceptors (Lipinski definition) is 24. The average Bonchev–Trinajstić information content (AvgIpc) is 0.733. The van der Waals surface area contributed by atoms with Gasteiger partial charge in [-0.3, -0.25) is 28.8 Å². The third-order valence-electron chi connectivity index (χ3n) is 26.8. The Morgan fingerprint density at radius 1 is 0.209 bits per heavy atom. The number of fused-ring (bicyclic) bond motifs is 6. The van der Waals surface area contributed by atoms with E-state index in [1.165, 1.54) is 0 Å². The SMILES string of the molecule is Cc1cc2c(C(=O)CCc3ccccc3)c(O)c(O)cc2c(O)c1-c1c(C)cc2c(C(=O)NCc3ccccc3)c(O)c(O)cc2c1O.Cc1cccc(CCC(=O)c2c(O)c(O)cc3c(O)c(-c4c(C)cc5c(C(=O)NCc6cccc(C)c6)c(O)c(O)cc5c4O)c(C)cc23)c1.Cc1cccc(CCC(=O)c2c(O)c(O)cc3c(O)c(-c4c(C)cc5c(C(=O)NCc6cccc(Cl)c6)c(O)c(O)cc5c4O)c(C)cc23)c1. The summed E-state index contributed by atoms with van der Waals surface area (Å²) < 4.78 is 0. The van der Waals surface area contributed by atoms with Gasteiger partial charge in [-0.05, 0) is 233 Å². The molecule has 0 aliphatic heterocycles. The number of benzene rings is 18. The first kappa shape index (κ1) is 103. The lowest BCUT2D eigenvalue weighted by molar-refractivity contribution is 0.0941. The number of ketones is 3. The molecule has 0 aromatic heterocycles. The number of hydrogen-bond donors (Lipinski definition) is 21. The van der Waals surface area contributed by atoms with Crippen molar-refractivity contribution in [3.63, 3.8) is 0 Å². The quantitative estimate of drug-likeness (QED) is 0.0197. The first-order chi connectivity index (χ1) is 70.5. The fourth-order valence-corrected chi connectivity index (χ4v) is 19.8. The molecule has 3 amide bonds. The van der Waals surface area contributed by atoms with Gasteiger partial charge in [0, 0.05) is 142 Å². The summed E-state index contributed by atoms with van der Waals surface area (Å²) in [5, 5.41) is 209. The molecule has 27 nitrogen and oxygen atoms in total. The van der Waals surface area contributed by atoms with Crippen LogP contribution in [0.3, 0.4) is 0 Å². The number of nitrogens with one attached hydrogen (secondary N) is 3. The molecular formula is C120H104ClN3O24. The minimum absolute atomic E-state index is 0.0215. The number of amides is 3. The molecule has 28 heteroatoms. The zero-order valence-electron chi connectivity index (χ0n) is 81.7. The van der Waals surface area contributed by atoms with Gasteiger partial charge >= 0.3 is 0 Å². The molecule has 0 spiro atoms. The predicted molar refractivity (Wildman–Crippen MR) is 568 cm³/mol. The number of Topliss-reactive ketones (excluding diaryl/α,β-unsaturated/α-hetero) is 3. The van der Waals surface area contributed by atoms with E-state index in [-0.39, 0.29) is 199 Å². The highest BCUT2D eigenvalue weighted by Crippen LogP contribution is 2.57. The number of carbonyl (C=O) groups excluding carboxylic acids is 6. The van der Waals surface area contributed by atoms with E-state index in [1.807, 2.05) is 154 Å². The van der Waals surface area contributed by atoms with Gasteiger partial charge in [0.2, 0.25) is 0 Å². The van der Waals surface area contributed by atoms with Crippen LogP contribution in [0.4, 0.5) is 0 Å². The molecule has 0 aliphatic carbocycles. The van der Waals surface area contributed by atoms with Crippen LogP contribution in [-0.4, -0.2) is 127 Å². The molecule has 18 aromatic carbocycles. The Bertz CT molecular complexity index is 7750. The smallest absolute Gasteiger partial charge is 0.256 e. The van der Waals surface area contributed by atoms with Crippen LogP contribution in [0, 0.1) is 62.3 Å².